The van der Waals surface area contributed by atoms with Crippen LogP contribution in [0.25, 0.3) is 11.4 Å². The van der Waals surface area contributed by atoms with Crippen LogP contribution in [0.4, 0.5) is 5.95 Å². The molecule has 6 heteroatoms. The van der Waals surface area contributed by atoms with Crippen molar-refractivity contribution in [2.75, 3.05) is 24.5 Å². The van der Waals surface area contributed by atoms with Gasteiger partial charge in [0.1, 0.15) is 6.26 Å². The Morgan fingerprint density at radius 2 is 2.50 bits per heavy atom. The van der Waals surface area contributed by atoms with Crippen LogP contribution in [0.3, 0.4) is 0 Å². The van der Waals surface area contributed by atoms with Gasteiger partial charge in [0.25, 0.3) is 0 Å². The van der Waals surface area contributed by atoms with E-state index in [-0.39, 0.29) is 0 Å². The molecule has 3 rings (SSSR count). The third-order valence-electron chi connectivity index (χ3n) is 3.40. The van der Waals surface area contributed by atoms with E-state index in [1.165, 1.54) is 6.42 Å². The first kappa shape index (κ1) is 11.3. The number of H-pyrrole nitrogens is 1. The molecule has 1 unspecified atom stereocenters. The molecule has 1 aliphatic heterocycles. The summed E-state index contributed by atoms with van der Waals surface area (Å²) >= 11 is 0. The molecule has 0 amide bonds. The highest BCUT2D eigenvalue weighted by molar-refractivity contribution is 5.54. The number of aromatic amines is 1. The summed E-state index contributed by atoms with van der Waals surface area (Å²) in [7, 11) is 0. The Balaban J connectivity index is 1.77. The zero-order chi connectivity index (χ0) is 12.4. The fourth-order valence-corrected chi connectivity index (χ4v) is 2.36. The minimum absolute atomic E-state index is 0.551. The molecule has 1 aliphatic rings. The third-order valence-corrected chi connectivity index (χ3v) is 3.40. The van der Waals surface area contributed by atoms with Crippen molar-refractivity contribution >= 4 is 5.95 Å². The minimum atomic E-state index is 0.551. The molecule has 0 aromatic carbocycles. The van der Waals surface area contributed by atoms with Crippen molar-refractivity contribution in [3.8, 4) is 11.4 Å². The number of nitrogens with one attached hydrogen (secondary N) is 1. The molecule has 0 radical (unpaired) electrons. The smallest absolute Gasteiger partial charge is 0.245 e. The van der Waals surface area contributed by atoms with Gasteiger partial charge in [-0.15, -0.1) is 5.10 Å². The molecule has 0 aliphatic carbocycles. The van der Waals surface area contributed by atoms with Crippen molar-refractivity contribution in [2.24, 2.45) is 11.7 Å². The quantitative estimate of drug-likeness (QED) is 0.852. The van der Waals surface area contributed by atoms with E-state index >= 15 is 0 Å². The van der Waals surface area contributed by atoms with Gasteiger partial charge < -0.3 is 15.1 Å². The number of piperidine rings is 1. The van der Waals surface area contributed by atoms with Gasteiger partial charge in [-0.3, -0.25) is 5.10 Å². The largest absolute Gasteiger partial charge is 0.472 e. The highest BCUT2D eigenvalue weighted by atomic mass is 16.3. The van der Waals surface area contributed by atoms with Gasteiger partial charge in [0.2, 0.25) is 5.95 Å². The first-order valence-electron chi connectivity index (χ1n) is 6.27. The molecule has 1 saturated heterocycles. The number of furan rings is 1. The highest BCUT2D eigenvalue weighted by Gasteiger charge is 2.21. The van der Waals surface area contributed by atoms with E-state index in [1.807, 2.05) is 6.07 Å². The van der Waals surface area contributed by atoms with Crippen LogP contribution < -0.4 is 10.6 Å². The molecule has 0 bridgehead atoms. The van der Waals surface area contributed by atoms with Crippen molar-refractivity contribution in [2.45, 2.75) is 12.8 Å². The first-order valence-corrected chi connectivity index (χ1v) is 6.27. The maximum atomic E-state index is 5.74. The topological polar surface area (TPSA) is 84.0 Å². The lowest BCUT2D eigenvalue weighted by atomic mass is 9.99. The fourth-order valence-electron chi connectivity index (χ4n) is 2.36. The van der Waals surface area contributed by atoms with Crippen LogP contribution in [0.2, 0.25) is 0 Å². The van der Waals surface area contributed by atoms with Crippen LogP contribution in [0.15, 0.2) is 23.0 Å². The van der Waals surface area contributed by atoms with Crippen LogP contribution in [-0.4, -0.2) is 34.8 Å². The second-order valence-electron chi connectivity index (χ2n) is 4.69. The van der Waals surface area contributed by atoms with E-state index in [0.29, 0.717) is 5.92 Å². The summed E-state index contributed by atoms with van der Waals surface area (Å²) in [5, 5.41) is 7.22. The van der Waals surface area contributed by atoms with Gasteiger partial charge in [-0.1, -0.05) is 0 Å². The number of anilines is 1. The normalized spacial score (nSPS) is 20.3. The Hall–Kier alpha value is -1.82. The monoisotopic (exact) mass is 247 g/mol. The Morgan fingerprint density at radius 3 is 3.28 bits per heavy atom. The highest BCUT2D eigenvalue weighted by Crippen LogP contribution is 2.22. The molecule has 2 aromatic rings. The predicted octanol–water partition coefficient (Wildman–Crippen LogP) is 1.24. The second-order valence-corrected chi connectivity index (χ2v) is 4.69. The maximum absolute atomic E-state index is 5.74. The lowest BCUT2D eigenvalue weighted by Gasteiger charge is -2.31. The average Bonchev–Trinajstić information content (AvgIpc) is 3.09. The molecule has 3 N–H and O–H groups in total. The van der Waals surface area contributed by atoms with Crippen LogP contribution in [-0.2, 0) is 0 Å². The van der Waals surface area contributed by atoms with Crippen LogP contribution in [0.5, 0.6) is 0 Å². The van der Waals surface area contributed by atoms with E-state index in [2.05, 4.69) is 20.1 Å². The van der Waals surface area contributed by atoms with E-state index in [4.69, 9.17) is 10.2 Å². The van der Waals surface area contributed by atoms with Gasteiger partial charge in [-0.25, -0.2) is 0 Å². The molecule has 1 atom stereocenters. The molecule has 1 fully saturated rings. The second kappa shape index (κ2) is 4.81. The minimum Gasteiger partial charge on any atom is -0.472 e. The molecular weight excluding hydrogens is 230 g/mol. The standard InChI is InChI=1S/C12H17N5O/c13-6-9-2-1-4-17(7-9)12-14-11(15-16-12)10-3-5-18-8-10/h3,5,8-9H,1-2,4,6-7,13H2,(H,14,15,16). The summed E-state index contributed by atoms with van der Waals surface area (Å²) in [4.78, 5) is 6.70. The Labute approximate surface area is 105 Å². The van der Waals surface area contributed by atoms with Gasteiger partial charge >= 0.3 is 0 Å². The lowest BCUT2D eigenvalue weighted by Crippen LogP contribution is -2.38. The SMILES string of the molecule is NCC1CCCN(c2n[nH]c(-c3ccoc3)n2)C1. The van der Waals surface area contributed by atoms with Gasteiger partial charge in [-0.2, -0.15) is 4.98 Å². The van der Waals surface area contributed by atoms with Crippen molar-refractivity contribution in [1.82, 2.24) is 15.2 Å². The predicted molar refractivity (Wildman–Crippen MR) is 68.1 cm³/mol. The van der Waals surface area contributed by atoms with Crippen molar-refractivity contribution < 1.29 is 4.42 Å². The van der Waals surface area contributed by atoms with Crippen molar-refractivity contribution in [1.29, 1.82) is 0 Å². The molecule has 0 saturated carbocycles. The third kappa shape index (κ3) is 2.11. The zero-order valence-corrected chi connectivity index (χ0v) is 10.2. The van der Waals surface area contributed by atoms with E-state index in [1.54, 1.807) is 12.5 Å². The number of nitrogens with zero attached hydrogens (tertiary/aromatic N) is 3. The van der Waals surface area contributed by atoms with Gasteiger partial charge in [-0.05, 0) is 31.4 Å². The number of rotatable bonds is 3. The van der Waals surface area contributed by atoms with Crippen molar-refractivity contribution in [3.05, 3.63) is 18.6 Å². The number of aromatic nitrogens is 3. The molecule has 0 spiro atoms. The summed E-state index contributed by atoms with van der Waals surface area (Å²) in [6.45, 7) is 2.67. The van der Waals surface area contributed by atoms with E-state index in [9.17, 15) is 0 Å². The van der Waals surface area contributed by atoms with Gasteiger partial charge in [0.15, 0.2) is 5.82 Å². The molecule has 2 aromatic heterocycles. The Morgan fingerprint density at radius 1 is 1.56 bits per heavy atom. The summed E-state index contributed by atoms with van der Waals surface area (Å²) in [6, 6.07) is 1.86. The molecule has 6 nitrogen and oxygen atoms in total. The summed E-state index contributed by atoms with van der Waals surface area (Å²) in [5.74, 6) is 2.05. The van der Waals surface area contributed by atoms with Gasteiger partial charge in [0.05, 0.1) is 11.8 Å². The molecule has 3 heterocycles. The average molecular weight is 247 g/mol. The van der Waals surface area contributed by atoms with E-state index < -0.39 is 0 Å². The maximum Gasteiger partial charge on any atom is 0.245 e. The van der Waals surface area contributed by atoms with Gasteiger partial charge in [0, 0.05) is 13.1 Å². The fraction of sp³-hybridized carbons (Fsp3) is 0.500. The van der Waals surface area contributed by atoms with Crippen LogP contribution in [0, 0.1) is 5.92 Å². The molecule has 18 heavy (non-hydrogen) atoms. The number of hydrogen-bond acceptors (Lipinski definition) is 5. The number of hydrogen-bond donors (Lipinski definition) is 2. The summed E-state index contributed by atoms with van der Waals surface area (Å²) in [5.41, 5.74) is 6.66. The Bertz CT molecular complexity index is 492. The van der Waals surface area contributed by atoms with E-state index in [0.717, 1.165) is 43.4 Å². The lowest BCUT2D eigenvalue weighted by molar-refractivity contribution is 0.420. The molecule has 96 valence electrons. The zero-order valence-electron chi connectivity index (χ0n) is 10.2. The van der Waals surface area contributed by atoms with Crippen LogP contribution >= 0.6 is 0 Å². The first-order chi connectivity index (χ1) is 8.86. The Kier molecular flexibility index (Phi) is 3.02. The summed E-state index contributed by atoms with van der Waals surface area (Å²) in [6.07, 6.45) is 5.63. The van der Waals surface area contributed by atoms with Crippen molar-refractivity contribution in [3.63, 3.8) is 0 Å². The molecular formula is C12H17N5O. The van der Waals surface area contributed by atoms with Crippen LogP contribution in [0.1, 0.15) is 12.8 Å². The number of nitrogens with two attached hydrogens (primary N) is 1. The summed E-state index contributed by atoms with van der Waals surface area (Å²) < 4.78 is 5.04.